The van der Waals surface area contributed by atoms with Gasteiger partial charge in [0.15, 0.2) is 0 Å². The third-order valence-electron chi connectivity index (χ3n) is 5.12. The lowest BCUT2D eigenvalue weighted by Gasteiger charge is -2.35. The van der Waals surface area contributed by atoms with E-state index < -0.39 is 0 Å². The van der Waals surface area contributed by atoms with E-state index in [4.69, 9.17) is 4.52 Å². The molecular formula is C21H21BrFN5O2. The van der Waals surface area contributed by atoms with Gasteiger partial charge in [-0.05, 0) is 46.6 Å². The van der Waals surface area contributed by atoms with Gasteiger partial charge in [0.25, 0.3) is 0 Å². The van der Waals surface area contributed by atoms with E-state index in [1.54, 1.807) is 25.3 Å². The third-order valence-corrected chi connectivity index (χ3v) is 5.59. The van der Waals surface area contributed by atoms with Crippen molar-refractivity contribution in [3.05, 3.63) is 58.3 Å². The van der Waals surface area contributed by atoms with Gasteiger partial charge in [-0.2, -0.15) is 4.98 Å². The van der Waals surface area contributed by atoms with E-state index in [2.05, 4.69) is 36.0 Å². The van der Waals surface area contributed by atoms with Crippen LogP contribution in [0.5, 0.6) is 0 Å². The van der Waals surface area contributed by atoms with Crippen molar-refractivity contribution in [3.8, 4) is 11.4 Å². The summed E-state index contributed by atoms with van der Waals surface area (Å²) in [7, 11) is 0. The highest BCUT2D eigenvalue weighted by Crippen LogP contribution is 2.20. The molecule has 1 aliphatic rings. The predicted octanol–water partition coefficient (Wildman–Crippen LogP) is 3.62. The van der Waals surface area contributed by atoms with Crippen LogP contribution in [0.3, 0.4) is 0 Å². The molecule has 4 rings (SSSR count). The van der Waals surface area contributed by atoms with Crippen molar-refractivity contribution in [2.45, 2.75) is 19.8 Å². The number of aryl methyl sites for hydroxylation is 2. The molecule has 3 heterocycles. The molecule has 30 heavy (non-hydrogen) atoms. The molecule has 0 saturated carbocycles. The summed E-state index contributed by atoms with van der Waals surface area (Å²) in [6.45, 7) is 4.47. The predicted molar refractivity (Wildman–Crippen MR) is 113 cm³/mol. The zero-order valence-corrected chi connectivity index (χ0v) is 18.1. The lowest BCUT2D eigenvalue weighted by atomic mass is 10.1. The number of pyridine rings is 1. The molecule has 0 aliphatic carbocycles. The SMILES string of the molecule is Cc1ccc(-c2noc(CCC(=O)N3CCN(c4ccc(Br)cn4)CC3)n2)cc1F. The van der Waals surface area contributed by atoms with Crippen LogP contribution in [0.1, 0.15) is 17.9 Å². The number of anilines is 1. The molecule has 1 fully saturated rings. The Kier molecular flexibility index (Phi) is 6.08. The summed E-state index contributed by atoms with van der Waals surface area (Å²) < 4.78 is 19.9. The molecule has 156 valence electrons. The van der Waals surface area contributed by atoms with Crippen LogP contribution in [0.25, 0.3) is 11.4 Å². The summed E-state index contributed by atoms with van der Waals surface area (Å²) in [6, 6.07) is 8.73. The first-order valence-electron chi connectivity index (χ1n) is 9.73. The lowest BCUT2D eigenvalue weighted by molar-refractivity contribution is -0.131. The Labute approximate surface area is 182 Å². The van der Waals surface area contributed by atoms with Crippen molar-refractivity contribution < 1.29 is 13.7 Å². The Morgan fingerprint density at radius 1 is 1.20 bits per heavy atom. The van der Waals surface area contributed by atoms with Gasteiger partial charge in [-0.3, -0.25) is 4.79 Å². The molecule has 1 aliphatic heterocycles. The maximum atomic E-state index is 13.7. The summed E-state index contributed by atoms with van der Waals surface area (Å²) in [6.07, 6.45) is 2.42. The fourth-order valence-electron chi connectivity index (χ4n) is 3.32. The number of hydrogen-bond acceptors (Lipinski definition) is 6. The van der Waals surface area contributed by atoms with Crippen molar-refractivity contribution in [3.63, 3.8) is 0 Å². The number of carbonyl (C=O) groups is 1. The second-order valence-corrected chi connectivity index (χ2v) is 8.09. The number of benzene rings is 1. The molecule has 2 aromatic heterocycles. The minimum Gasteiger partial charge on any atom is -0.353 e. The number of aromatic nitrogens is 3. The highest BCUT2D eigenvalue weighted by Gasteiger charge is 2.22. The van der Waals surface area contributed by atoms with Gasteiger partial charge in [0, 0.05) is 55.3 Å². The zero-order chi connectivity index (χ0) is 21.1. The van der Waals surface area contributed by atoms with E-state index >= 15 is 0 Å². The number of rotatable bonds is 5. The quantitative estimate of drug-likeness (QED) is 0.563. The monoisotopic (exact) mass is 473 g/mol. The van der Waals surface area contributed by atoms with Gasteiger partial charge in [-0.25, -0.2) is 9.37 Å². The second kappa shape index (κ2) is 8.91. The van der Waals surface area contributed by atoms with Gasteiger partial charge in [-0.15, -0.1) is 0 Å². The minimum absolute atomic E-state index is 0.0551. The molecule has 0 unspecified atom stereocenters. The molecule has 0 radical (unpaired) electrons. The number of piperazine rings is 1. The Bertz CT molecular complexity index is 1030. The molecule has 3 aromatic rings. The van der Waals surface area contributed by atoms with Crippen LogP contribution in [-0.4, -0.2) is 52.1 Å². The zero-order valence-electron chi connectivity index (χ0n) is 16.5. The summed E-state index contributed by atoms with van der Waals surface area (Å²) >= 11 is 3.39. The number of halogens is 2. The first-order valence-corrected chi connectivity index (χ1v) is 10.5. The van der Waals surface area contributed by atoms with Gasteiger partial charge in [0.1, 0.15) is 11.6 Å². The van der Waals surface area contributed by atoms with Crippen LogP contribution in [0.2, 0.25) is 0 Å². The smallest absolute Gasteiger partial charge is 0.227 e. The number of carbonyl (C=O) groups excluding carboxylic acids is 1. The van der Waals surface area contributed by atoms with Gasteiger partial charge in [0.2, 0.25) is 17.6 Å². The summed E-state index contributed by atoms with van der Waals surface area (Å²) in [5, 5.41) is 3.90. The van der Waals surface area contributed by atoms with Crippen LogP contribution < -0.4 is 4.90 Å². The van der Waals surface area contributed by atoms with Crippen molar-refractivity contribution in [2.24, 2.45) is 0 Å². The molecule has 1 saturated heterocycles. The molecule has 0 N–H and O–H groups in total. The van der Waals surface area contributed by atoms with E-state index in [9.17, 15) is 9.18 Å². The molecule has 1 aromatic carbocycles. The van der Waals surface area contributed by atoms with Crippen LogP contribution in [-0.2, 0) is 11.2 Å². The maximum Gasteiger partial charge on any atom is 0.227 e. The summed E-state index contributed by atoms with van der Waals surface area (Å²) in [5.74, 6) is 1.35. The van der Waals surface area contributed by atoms with E-state index in [-0.39, 0.29) is 11.7 Å². The number of amides is 1. The average Bonchev–Trinajstić information content (AvgIpc) is 3.24. The Hall–Kier alpha value is -2.81. The van der Waals surface area contributed by atoms with Gasteiger partial charge in [0.05, 0.1) is 0 Å². The van der Waals surface area contributed by atoms with Crippen LogP contribution >= 0.6 is 15.9 Å². The third kappa shape index (κ3) is 4.67. The Morgan fingerprint density at radius 3 is 2.70 bits per heavy atom. The van der Waals surface area contributed by atoms with Gasteiger partial charge >= 0.3 is 0 Å². The molecule has 9 heteroatoms. The van der Waals surface area contributed by atoms with E-state index in [0.29, 0.717) is 48.8 Å². The molecule has 7 nitrogen and oxygen atoms in total. The van der Waals surface area contributed by atoms with Crippen molar-refractivity contribution in [1.29, 1.82) is 0 Å². The highest BCUT2D eigenvalue weighted by molar-refractivity contribution is 9.10. The van der Waals surface area contributed by atoms with E-state index in [1.807, 2.05) is 17.0 Å². The fraction of sp³-hybridized carbons (Fsp3) is 0.333. The second-order valence-electron chi connectivity index (χ2n) is 7.18. The normalized spacial score (nSPS) is 14.2. The summed E-state index contributed by atoms with van der Waals surface area (Å²) in [4.78, 5) is 25.3. The van der Waals surface area contributed by atoms with Crippen molar-refractivity contribution in [2.75, 3.05) is 31.1 Å². The topological polar surface area (TPSA) is 75.4 Å². The average molecular weight is 474 g/mol. The van der Waals surface area contributed by atoms with Crippen LogP contribution in [0, 0.1) is 12.7 Å². The highest BCUT2D eigenvalue weighted by atomic mass is 79.9. The van der Waals surface area contributed by atoms with E-state index in [1.165, 1.54) is 6.07 Å². The van der Waals surface area contributed by atoms with Crippen molar-refractivity contribution in [1.82, 2.24) is 20.0 Å². The Balaban J connectivity index is 1.28. The van der Waals surface area contributed by atoms with Crippen LogP contribution in [0.4, 0.5) is 10.2 Å². The minimum atomic E-state index is -0.313. The molecule has 1 amide bonds. The first-order chi connectivity index (χ1) is 14.5. The lowest BCUT2D eigenvalue weighted by Crippen LogP contribution is -2.49. The van der Waals surface area contributed by atoms with Crippen LogP contribution in [0.15, 0.2) is 45.5 Å². The fourth-order valence-corrected chi connectivity index (χ4v) is 3.55. The van der Waals surface area contributed by atoms with Gasteiger partial charge in [-0.1, -0.05) is 17.3 Å². The largest absolute Gasteiger partial charge is 0.353 e. The summed E-state index contributed by atoms with van der Waals surface area (Å²) in [5.41, 5.74) is 1.11. The molecule has 0 atom stereocenters. The van der Waals surface area contributed by atoms with Gasteiger partial charge < -0.3 is 14.3 Å². The van der Waals surface area contributed by atoms with Crippen molar-refractivity contribution >= 4 is 27.7 Å². The molecule has 0 spiro atoms. The molecule has 0 bridgehead atoms. The maximum absolute atomic E-state index is 13.7. The number of hydrogen-bond donors (Lipinski definition) is 0. The first kappa shape index (κ1) is 20.5. The Morgan fingerprint density at radius 2 is 2.00 bits per heavy atom. The molecular weight excluding hydrogens is 453 g/mol. The number of nitrogens with zero attached hydrogens (tertiary/aromatic N) is 5. The van der Waals surface area contributed by atoms with E-state index in [0.717, 1.165) is 23.4 Å². The standard InChI is InChI=1S/C21H21BrFN5O2/c1-14-2-3-15(12-17(14)23)21-25-19(30-26-21)6-7-20(29)28-10-8-27(9-11-28)18-5-4-16(22)13-24-18/h2-5,12-13H,6-11H2,1H3.